The predicted molar refractivity (Wildman–Crippen MR) is 109 cm³/mol. The van der Waals surface area contributed by atoms with Gasteiger partial charge < -0.3 is 0 Å². The Hall–Kier alpha value is -0.343. The first-order valence-electron chi connectivity index (χ1n) is 10.4. The summed E-state index contributed by atoms with van der Waals surface area (Å²) in [5.41, 5.74) is 1.46. The second kappa shape index (κ2) is 9.04. The van der Waals surface area contributed by atoms with E-state index in [4.69, 9.17) is 11.6 Å². The number of hydrogen-bond donors (Lipinski definition) is 0. The molecular weight excluding hydrogens is 347 g/mol. The van der Waals surface area contributed by atoms with Crippen LogP contribution in [0.4, 0.5) is 4.39 Å². The Labute approximate surface area is 160 Å². The molecule has 1 aromatic rings. The summed E-state index contributed by atoms with van der Waals surface area (Å²) in [6, 6.07) is 10.2. The average molecular weight is 380 g/mol. The molecule has 0 N–H and O–H groups in total. The highest BCUT2D eigenvalue weighted by Gasteiger charge is 2.42. The van der Waals surface area contributed by atoms with Crippen LogP contribution in [-0.2, 0) is 5.41 Å². The number of hydrogen-bond acceptors (Lipinski definition) is 0. The molecule has 1 aromatic carbocycles. The molecule has 25 heavy (non-hydrogen) atoms. The van der Waals surface area contributed by atoms with E-state index in [2.05, 4.69) is 13.0 Å². The van der Waals surface area contributed by atoms with E-state index in [1.54, 1.807) is 12.1 Å². The van der Waals surface area contributed by atoms with Crippen molar-refractivity contribution in [3.63, 3.8) is 0 Å². The van der Waals surface area contributed by atoms with Crippen LogP contribution in [0.3, 0.4) is 0 Å². The first kappa shape index (κ1) is 19.4. The Morgan fingerprint density at radius 1 is 1.12 bits per heavy atom. The van der Waals surface area contributed by atoms with Gasteiger partial charge >= 0.3 is 0 Å². The van der Waals surface area contributed by atoms with Gasteiger partial charge in [0.15, 0.2) is 0 Å². The van der Waals surface area contributed by atoms with E-state index in [1.165, 1.54) is 87.9 Å². The SMILES string of the molecule is CCCCC[Si]1CCC(C2(c3ccc(Cl)c(F)c3)CCCCC2)CC1. The van der Waals surface area contributed by atoms with E-state index in [0.29, 0.717) is 0 Å². The maximum atomic E-state index is 14.2. The largest absolute Gasteiger partial charge is 0.205 e. The van der Waals surface area contributed by atoms with Gasteiger partial charge in [0, 0.05) is 8.80 Å². The van der Waals surface area contributed by atoms with Gasteiger partial charge in [0.1, 0.15) is 5.82 Å². The molecule has 0 nitrogen and oxygen atoms in total. The molecule has 0 aromatic heterocycles. The number of rotatable bonds is 6. The molecule has 0 unspecified atom stereocenters. The van der Waals surface area contributed by atoms with Crippen LogP contribution in [0.1, 0.15) is 76.7 Å². The molecule has 3 rings (SSSR count). The highest BCUT2D eigenvalue weighted by Crippen LogP contribution is 2.51. The second-order valence-corrected chi connectivity index (χ2v) is 11.7. The molecule has 2 aliphatic rings. The van der Waals surface area contributed by atoms with Crippen LogP contribution in [0.2, 0.25) is 23.2 Å². The number of halogens is 2. The molecule has 2 fully saturated rings. The lowest BCUT2D eigenvalue weighted by atomic mass is 9.60. The second-order valence-electron chi connectivity index (χ2n) is 8.33. The zero-order valence-corrected chi connectivity index (χ0v) is 17.5. The van der Waals surface area contributed by atoms with E-state index in [9.17, 15) is 4.39 Å². The van der Waals surface area contributed by atoms with Crippen molar-refractivity contribution in [1.82, 2.24) is 0 Å². The summed E-state index contributed by atoms with van der Waals surface area (Å²) in [4.78, 5) is 0. The summed E-state index contributed by atoms with van der Waals surface area (Å²) >= 11 is 5.96. The smallest absolute Gasteiger partial charge is 0.142 e. The van der Waals surface area contributed by atoms with Crippen LogP contribution >= 0.6 is 11.6 Å². The quantitative estimate of drug-likeness (QED) is 0.349. The lowest BCUT2D eigenvalue weighted by Crippen LogP contribution is -2.40. The van der Waals surface area contributed by atoms with Gasteiger partial charge in [0.2, 0.25) is 0 Å². The lowest BCUT2D eigenvalue weighted by Gasteiger charge is -2.47. The van der Waals surface area contributed by atoms with E-state index in [1.807, 2.05) is 0 Å². The summed E-state index contributed by atoms with van der Waals surface area (Å²) in [5, 5.41) is 0.264. The lowest BCUT2D eigenvalue weighted by molar-refractivity contribution is 0.174. The summed E-state index contributed by atoms with van der Waals surface area (Å²) in [7, 11) is -0.108. The fourth-order valence-electron chi connectivity index (χ4n) is 5.37. The summed E-state index contributed by atoms with van der Waals surface area (Å²) in [6.07, 6.45) is 13.4. The summed E-state index contributed by atoms with van der Waals surface area (Å²) in [6.45, 7) is 2.30. The molecule has 139 valence electrons. The molecule has 1 saturated carbocycles. The topological polar surface area (TPSA) is 0 Å². The highest BCUT2D eigenvalue weighted by molar-refractivity contribution is 6.59. The normalized spacial score (nSPS) is 22.2. The maximum Gasteiger partial charge on any atom is 0.142 e. The molecule has 0 spiro atoms. The highest BCUT2D eigenvalue weighted by atomic mass is 35.5. The third-order valence-corrected chi connectivity index (χ3v) is 10.2. The molecule has 0 bridgehead atoms. The molecule has 1 aliphatic carbocycles. The molecule has 1 heterocycles. The Morgan fingerprint density at radius 3 is 2.48 bits per heavy atom. The molecule has 1 saturated heterocycles. The van der Waals surface area contributed by atoms with E-state index in [0.717, 1.165) is 5.92 Å². The summed E-state index contributed by atoms with van der Waals surface area (Å²) < 4.78 is 14.2. The monoisotopic (exact) mass is 379 g/mol. The first-order chi connectivity index (χ1) is 12.2. The molecular formula is C22H33ClFSi. The van der Waals surface area contributed by atoms with Gasteiger partial charge in [-0.2, -0.15) is 0 Å². The van der Waals surface area contributed by atoms with Crippen molar-refractivity contribution in [2.24, 2.45) is 5.92 Å². The van der Waals surface area contributed by atoms with E-state index < -0.39 is 0 Å². The first-order valence-corrected chi connectivity index (χ1v) is 12.9. The van der Waals surface area contributed by atoms with Gasteiger partial charge in [0.25, 0.3) is 0 Å². The van der Waals surface area contributed by atoms with Crippen molar-refractivity contribution in [1.29, 1.82) is 0 Å². The summed E-state index contributed by atoms with van der Waals surface area (Å²) in [5.74, 6) is 0.526. The van der Waals surface area contributed by atoms with Crippen LogP contribution in [-0.4, -0.2) is 8.80 Å². The van der Waals surface area contributed by atoms with Crippen LogP contribution in [0.25, 0.3) is 0 Å². The Kier molecular flexibility index (Phi) is 7.02. The van der Waals surface area contributed by atoms with Crippen LogP contribution in [0, 0.1) is 11.7 Å². The average Bonchev–Trinajstić information content (AvgIpc) is 2.65. The fourth-order valence-corrected chi connectivity index (χ4v) is 8.51. The van der Waals surface area contributed by atoms with Gasteiger partial charge in [-0.05, 0) is 41.9 Å². The van der Waals surface area contributed by atoms with Gasteiger partial charge in [-0.3, -0.25) is 0 Å². The maximum absolute atomic E-state index is 14.2. The minimum atomic E-state index is -0.232. The zero-order chi connectivity index (χ0) is 17.7. The standard InChI is InChI=1S/C22H33ClFSi/c1-2-3-7-14-25-15-10-18(11-16-25)22(12-5-4-6-13-22)19-8-9-20(23)21(24)17-19/h8-9,17-18H,2-7,10-16H2,1H3. The Bertz CT molecular complexity index is 545. The zero-order valence-electron chi connectivity index (χ0n) is 15.8. The van der Waals surface area contributed by atoms with Crippen LogP contribution in [0.5, 0.6) is 0 Å². The Morgan fingerprint density at radius 2 is 1.84 bits per heavy atom. The van der Waals surface area contributed by atoms with E-state index >= 15 is 0 Å². The van der Waals surface area contributed by atoms with Crippen molar-refractivity contribution in [2.75, 3.05) is 0 Å². The van der Waals surface area contributed by atoms with Gasteiger partial charge in [-0.1, -0.05) is 94.1 Å². The van der Waals surface area contributed by atoms with Gasteiger partial charge in [0.05, 0.1) is 5.02 Å². The third-order valence-electron chi connectivity index (χ3n) is 6.85. The minimum absolute atomic E-state index is 0.108. The van der Waals surface area contributed by atoms with Crippen molar-refractivity contribution in [3.05, 3.63) is 34.6 Å². The predicted octanol–water partition coefficient (Wildman–Crippen LogP) is 7.78. The van der Waals surface area contributed by atoms with Crippen molar-refractivity contribution < 1.29 is 4.39 Å². The van der Waals surface area contributed by atoms with Crippen LogP contribution in [0.15, 0.2) is 18.2 Å². The van der Waals surface area contributed by atoms with Crippen LogP contribution < -0.4 is 0 Å². The Balaban J connectivity index is 1.72. The van der Waals surface area contributed by atoms with Crippen molar-refractivity contribution >= 4 is 20.4 Å². The molecule has 1 radical (unpaired) electrons. The number of unbranched alkanes of at least 4 members (excludes halogenated alkanes) is 2. The minimum Gasteiger partial charge on any atom is -0.205 e. The molecule has 1 aliphatic heterocycles. The molecule has 3 heteroatoms. The van der Waals surface area contributed by atoms with Gasteiger partial charge in [-0.25, -0.2) is 4.39 Å². The van der Waals surface area contributed by atoms with Gasteiger partial charge in [-0.15, -0.1) is 0 Å². The molecule has 0 amide bonds. The third kappa shape index (κ3) is 4.50. The number of benzene rings is 1. The molecule has 0 atom stereocenters. The van der Waals surface area contributed by atoms with Crippen molar-refractivity contribution in [3.8, 4) is 0 Å². The van der Waals surface area contributed by atoms with E-state index in [-0.39, 0.29) is 25.1 Å². The van der Waals surface area contributed by atoms with Crippen molar-refractivity contribution in [2.45, 2.75) is 94.7 Å². The fraction of sp³-hybridized carbons (Fsp3) is 0.727.